The summed E-state index contributed by atoms with van der Waals surface area (Å²) in [5.74, 6) is 5.63. The van der Waals surface area contributed by atoms with E-state index in [1.165, 1.54) is 11.6 Å². The van der Waals surface area contributed by atoms with E-state index in [1.54, 1.807) is 16.8 Å². The molecule has 1 aromatic heterocycles. The van der Waals surface area contributed by atoms with Gasteiger partial charge in [-0.15, -0.1) is 0 Å². The third kappa shape index (κ3) is 1.94. The Morgan fingerprint density at radius 3 is 2.62 bits per heavy atom. The molecule has 2 nitrogen and oxygen atoms in total. The summed E-state index contributed by atoms with van der Waals surface area (Å²) in [7, 11) is 0. The van der Waals surface area contributed by atoms with Crippen LogP contribution in [0.15, 0.2) is 36.5 Å². The van der Waals surface area contributed by atoms with Crippen LogP contribution in [0.1, 0.15) is 23.7 Å². The fourth-order valence-corrected chi connectivity index (χ4v) is 1.87. The van der Waals surface area contributed by atoms with E-state index < -0.39 is 0 Å². The first-order valence-electron chi connectivity index (χ1n) is 5.40. The number of benzene rings is 1. The van der Waals surface area contributed by atoms with Gasteiger partial charge in [0.05, 0.1) is 0 Å². The molecule has 0 amide bonds. The molecular weight excluding hydrogens is 203 g/mol. The predicted molar refractivity (Wildman–Crippen MR) is 63.2 cm³/mol. The largest absolute Gasteiger partial charge is 0.339 e. The normalized spacial score (nSPS) is 10.6. The van der Waals surface area contributed by atoms with Gasteiger partial charge < -0.3 is 5.84 Å². The molecule has 1 aromatic carbocycles. The van der Waals surface area contributed by atoms with Crippen molar-refractivity contribution in [2.45, 2.75) is 19.8 Å². The summed E-state index contributed by atoms with van der Waals surface area (Å²) in [5.41, 5.74) is 2.83. The molecule has 0 aliphatic carbocycles. The maximum Gasteiger partial charge on any atom is 0.126 e. The van der Waals surface area contributed by atoms with Gasteiger partial charge in [0.25, 0.3) is 0 Å². The van der Waals surface area contributed by atoms with Gasteiger partial charge in [-0.05, 0) is 29.7 Å². The van der Waals surface area contributed by atoms with E-state index in [0.717, 1.165) is 12.1 Å². The van der Waals surface area contributed by atoms with E-state index in [4.69, 9.17) is 5.84 Å². The Labute approximate surface area is 94.5 Å². The van der Waals surface area contributed by atoms with Crippen LogP contribution in [0.3, 0.4) is 0 Å². The van der Waals surface area contributed by atoms with Crippen LogP contribution in [0.5, 0.6) is 0 Å². The summed E-state index contributed by atoms with van der Waals surface area (Å²) in [6.45, 7) is 2.07. The first-order chi connectivity index (χ1) is 7.72. The molecule has 0 fully saturated rings. The lowest BCUT2D eigenvalue weighted by Crippen LogP contribution is -2.12. The Morgan fingerprint density at radius 1 is 1.19 bits per heavy atom. The predicted octanol–water partition coefficient (Wildman–Crippen LogP) is 2.49. The fourth-order valence-electron chi connectivity index (χ4n) is 1.87. The maximum atomic E-state index is 13.5. The molecule has 84 valence electrons. The van der Waals surface area contributed by atoms with Crippen molar-refractivity contribution < 1.29 is 4.39 Å². The second-order valence-corrected chi connectivity index (χ2v) is 3.82. The molecule has 2 N–H and O–H groups in total. The Balaban J connectivity index is 2.33. The summed E-state index contributed by atoms with van der Waals surface area (Å²) in [5, 5.41) is 0. The molecule has 2 aromatic rings. The number of halogens is 1. The standard InChI is InChI=1S/C13H15FN2/c1-2-10-7-8-16(15)13(10)9-11-5-3-4-6-12(11)14/h3-8H,2,9,15H2,1H3. The van der Waals surface area contributed by atoms with Gasteiger partial charge in [-0.25, -0.2) is 4.39 Å². The Kier molecular flexibility index (Phi) is 2.95. The van der Waals surface area contributed by atoms with Crippen LogP contribution >= 0.6 is 0 Å². The van der Waals surface area contributed by atoms with Gasteiger partial charge in [-0.2, -0.15) is 0 Å². The smallest absolute Gasteiger partial charge is 0.126 e. The van der Waals surface area contributed by atoms with Crippen LogP contribution in [-0.2, 0) is 12.8 Å². The summed E-state index contributed by atoms with van der Waals surface area (Å²) in [6.07, 6.45) is 3.27. The van der Waals surface area contributed by atoms with Gasteiger partial charge in [0, 0.05) is 18.3 Å². The second-order valence-electron chi connectivity index (χ2n) is 3.82. The van der Waals surface area contributed by atoms with E-state index in [1.807, 2.05) is 18.3 Å². The Hall–Kier alpha value is -1.77. The zero-order chi connectivity index (χ0) is 11.5. The van der Waals surface area contributed by atoms with E-state index in [0.29, 0.717) is 12.0 Å². The minimum Gasteiger partial charge on any atom is -0.339 e. The quantitative estimate of drug-likeness (QED) is 0.788. The highest BCUT2D eigenvalue weighted by Gasteiger charge is 2.09. The molecular formula is C13H15FN2. The molecule has 16 heavy (non-hydrogen) atoms. The van der Waals surface area contributed by atoms with Crippen LogP contribution in [0, 0.1) is 5.82 Å². The SMILES string of the molecule is CCc1ccn(N)c1Cc1ccccc1F. The van der Waals surface area contributed by atoms with Gasteiger partial charge in [-0.1, -0.05) is 25.1 Å². The van der Waals surface area contributed by atoms with E-state index in [9.17, 15) is 4.39 Å². The third-order valence-electron chi connectivity index (χ3n) is 2.82. The molecule has 0 aliphatic rings. The second kappa shape index (κ2) is 4.39. The van der Waals surface area contributed by atoms with Crippen LogP contribution in [0.2, 0.25) is 0 Å². The van der Waals surface area contributed by atoms with Crippen molar-refractivity contribution in [2.75, 3.05) is 5.84 Å². The summed E-state index contributed by atoms with van der Waals surface area (Å²) in [6, 6.07) is 8.79. The van der Waals surface area contributed by atoms with Gasteiger partial charge in [0.1, 0.15) is 5.82 Å². The van der Waals surface area contributed by atoms with Crippen molar-refractivity contribution in [3.05, 3.63) is 59.2 Å². The van der Waals surface area contributed by atoms with Gasteiger partial charge in [0.2, 0.25) is 0 Å². The van der Waals surface area contributed by atoms with E-state index in [2.05, 4.69) is 6.92 Å². The molecule has 0 aliphatic heterocycles. The number of hydrogen-bond donors (Lipinski definition) is 1. The highest BCUT2D eigenvalue weighted by atomic mass is 19.1. The lowest BCUT2D eigenvalue weighted by Gasteiger charge is -2.07. The van der Waals surface area contributed by atoms with Gasteiger partial charge >= 0.3 is 0 Å². The van der Waals surface area contributed by atoms with Crippen molar-refractivity contribution in [1.29, 1.82) is 0 Å². The zero-order valence-corrected chi connectivity index (χ0v) is 9.28. The molecule has 0 saturated carbocycles. The summed E-state index contributed by atoms with van der Waals surface area (Å²) in [4.78, 5) is 0. The monoisotopic (exact) mass is 218 g/mol. The molecule has 0 saturated heterocycles. The van der Waals surface area contributed by atoms with Crippen molar-refractivity contribution in [2.24, 2.45) is 0 Å². The van der Waals surface area contributed by atoms with Gasteiger partial charge in [0.15, 0.2) is 0 Å². The van der Waals surface area contributed by atoms with E-state index >= 15 is 0 Å². The number of nitrogens with two attached hydrogens (primary N) is 1. The zero-order valence-electron chi connectivity index (χ0n) is 9.28. The average molecular weight is 218 g/mol. The highest BCUT2D eigenvalue weighted by molar-refractivity contribution is 5.30. The molecule has 0 unspecified atom stereocenters. The Morgan fingerprint density at radius 2 is 1.94 bits per heavy atom. The maximum absolute atomic E-state index is 13.5. The third-order valence-corrected chi connectivity index (χ3v) is 2.82. The first kappa shape index (κ1) is 10.7. The molecule has 3 heteroatoms. The van der Waals surface area contributed by atoms with Crippen molar-refractivity contribution >= 4 is 0 Å². The van der Waals surface area contributed by atoms with E-state index in [-0.39, 0.29) is 5.82 Å². The fraction of sp³-hybridized carbons (Fsp3) is 0.231. The summed E-state index contributed by atoms with van der Waals surface area (Å²) >= 11 is 0. The number of aromatic nitrogens is 1. The summed E-state index contributed by atoms with van der Waals surface area (Å²) < 4.78 is 15.1. The number of nitrogen functional groups attached to an aromatic ring is 1. The molecule has 1 heterocycles. The minimum atomic E-state index is -0.175. The average Bonchev–Trinajstić information content (AvgIpc) is 2.63. The van der Waals surface area contributed by atoms with Crippen LogP contribution < -0.4 is 5.84 Å². The molecule has 0 bridgehead atoms. The highest BCUT2D eigenvalue weighted by Crippen LogP contribution is 2.17. The Bertz CT molecular complexity index is 488. The van der Waals surface area contributed by atoms with Crippen LogP contribution in [0.25, 0.3) is 0 Å². The molecule has 0 spiro atoms. The first-order valence-corrected chi connectivity index (χ1v) is 5.40. The van der Waals surface area contributed by atoms with Crippen molar-refractivity contribution in [3.63, 3.8) is 0 Å². The number of aryl methyl sites for hydroxylation is 1. The minimum absolute atomic E-state index is 0.175. The molecule has 0 atom stereocenters. The van der Waals surface area contributed by atoms with Crippen molar-refractivity contribution in [3.8, 4) is 0 Å². The van der Waals surface area contributed by atoms with Crippen molar-refractivity contribution in [1.82, 2.24) is 4.68 Å². The topological polar surface area (TPSA) is 30.9 Å². The number of nitrogens with zero attached hydrogens (tertiary/aromatic N) is 1. The number of hydrogen-bond acceptors (Lipinski definition) is 1. The lowest BCUT2D eigenvalue weighted by atomic mass is 10.1. The van der Waals surface area contributed by atoms with Crippen LogP contribution in [0.4, 0.5) is 4.39 Å². The molecule has 2 rings (SSSR count). The van der Waals surface area contributed by atoms with Gasteiger partial charge in [-0.3, -0.25) is 4.68 Å². The lowest BCUT2D eigenvalue weighted by molar-refractivity contribution is 0.612. The van der Waals surface area contributed by atoms with Crippen LogP contribution in [-0.4, -0.2) is 4.68 Å². The number of rotatable bonds is 3. The molecule has 0 radical (unpaired) electrons.